The number of hydrogen-bond acceptors (Lipinski definition) is 4. The van der Waals surface area contributed by atoms with E-state index in [-0.39, 0.29) is 41.0 Å². The Morgan fingerprint density at radius 2 is 2.06 bits per heavy atom. The van der Waals surface area contributed by atoms with Crippen molar-refractivity contribution in [2.75, 3.05) is 0 Å². The molecule has 0 bridgehead atoms. The van der Waals surface area contributed by atoms with E-state index in [9.17, 15) is 0 Å². The predicted molar refractivity (Wildman–Crippen MR) is 142 cm³/mol. The highest BCUT2D eigenvalue weighted by Crippen LogP contribution is 2.53. The van der Waals surface area contributed by atoms with Gasteiger partial charge in [0, 0.05) is 44.1 Å². The maximum Gasteiger partial charge on any atom is 0.133 e. The van der Waals surface area contributed by atoms with Crippen molar-refractivity contribution in [1.29, 1.82) is 1.28 Å². The Balaban J connectivity index is 0.00000342. The molecule has 0 saturated heterocycles. The molecule has 4 rings (SSSR count). The van der Waals surface area contributed by atoms with Crippen molar-refractivity contribution in [3.8, 4) is 11.5 Å². The van der Waals surface area contributed by atoms with Gasteiger partial charge in [0.1, 0.15) is 29.3 Å². The summed E-state index contributed by atoms with van der Waals surface area (Å²) in [6.45, 7) is 6.28. The van der Waals surface area contributed by atoms with Gasteiger partial charge >= 0.3 is 0 Å². The highest BCUT2D eigenvalue weighted by Gasteiger charge is 2.50. The van der Waals surface area contributed by atoms with Gasteiger partial charge in [-0.1, -0.05) is 61.9 Å². The number of hydrogen-bond donors (Lipinski definition) is 0. The van der Waals surface area contributed by atoms with Crippen molar-refractivity contribution in [3.05, 3.63) is 71.8 Å². The van der Waals surface area contributed by atoms with Crippen molar-refractivity contribution < 1.29 is 19.9 Å². The third kappa shape index (κ3) is 5.30. The number of fused-ring (bicyclic) bond motifs is 3. The number of rotatable bonds is 11. The molecule has 2 aromatic carbocycles. The summed E-state index contributed by atoms with van der Waals surface area (Å²) in [5, 5.41) is 0. The summed E-state index contributed by atoms with van der Waals surface area (Å²) in [4.78, 5) is 0. The molecule has 1 fully saturated rings. The van der Waals surface area contributed by atoms with Crippen molar-refractivity contribution in [2.45, 2.75) is 76.3 Å². The van der Waals surface area contributed by atoms with Crippen molar-refractivity contribution in [1.82, 2.24) is 0 Å². The second-order valence-electron chi connectivity index (χ2n) is 9.55. The quantitative estimate of drug-likeness (QED) is 0.252. The molecular formula is C27H38O4P2. The zero-order valence-corrected chi connectivity index (χ0v) is 21.9. The number of para-hydroxylation sites is 2. The fourth-order valence-corrected chi connectivity index (χ4v) is 5.83. The minimum absolute atomic E-state index is 0. The lowest BCUT2D eigenvalue weighted by molar-refractivity contribution is 0.0203. The monoisotopic (exact) mass is 492 g/mol. The Hall–Kier alpha value is -1.44. The predicted octanol–water partition coefficient (Wildman–Crippen LogP) is 6.90. The van der Waals surface area contributed by atoms with E-state index in [1.165, 1.54) is 17.5 Å². The zero-order valence-electron chi connectivity index (χ0n) is 20.7. The van der Waals surface area contributed by atoms with Crippen LogP contribution in [0.15, 0.2) is 60.7 Å². The standard InChI is InChI=1S/C27H36O4P2.H2/c1-4-5-10-18-11-9-14-21-25-20(22(30-32)17-23(25)28-26(18)21)15-16-24(31-33)27(2,3)29-19-12-7-6-8-13-19;/h6-9,11-16,20,22-25H,4-5,10,17,32-33H2,1-3H3;1H/b16-15+;/t20-,22+,23-,24+,25-;/m0./s1/i32T;1+2/t20-,22+,23-,24+,25-,32?;. The second-order valence-corrected chi connectivity index (χ2v) is 10.1. The van der Waals surface area contributed by atoms with Crippen LogP contribution >= 0.6 is 18.9 Å². The molecule has 6 heteroatoms. The topological polar surface area (TPSA) is 36.9 Å². The maximum atomic E-state index is 7.69. The molecule has 0 N–H and O–H groups in total. The van der Waals surface area contributed by atoms with Crippen LogP contribution in [0.4, 0.5) is 0 Å². The second kappa shape index (κ2) is 10.9. The van der Waals surface area contributed by atoms with E-state index < -0.39 is 5.60 Å². The summed E-state index contributed by atoms with van der Waals surface area (Å²) in [6.07, 6.45) is 8.21. The zero-order chi connectivity index (χ0) is 24.1. The summed E-state index contributed by atoms with van der Waals surface area (Å²) >= 11 is 0. The van der Waals surface area contributed by atoms with Gasteiger partial charge in [0.2, 0.25) is 0 Å². The van der Waals surface area contributed by atoms with Crippen LogP contribution in [0.1, 0.15) is 58.5 Å². The van der Waals surface area contributed by atoms with Gasteiger partial charge in [0.15, 0.2) is 0 Å². The summed E-state index contributed by atoms with van der Waals surface area (Å²) in [7, 11) is 2.09. The van der Waals surface area contributed by atoms with Crippen LogP contribution in [0.2, 0.25) is 0 Å². The number of ether oxygens (including phenoxy) is 2. The number of aryl methyl sites for hydroxylation is 1. The molecule has 0 radical (unpaired) electrons. The van der Waals surface area contributed by atoms with Gasteiger partial charge in [-0.25, -0.2) is 0 Å². The van der Waals surface area contributed by atoms with Gasteiger partial charge in [-0.3, -0.25) is 0 Å². The van der Waals surface area contributed by atoms with Crippen LogP contribution in [-0.2, 0) is 15.5 Å². The van der Waals surface area contributed by atoms with Crippen LogP contribution in [0.5, 0.6) is 11.5 Å². The van der Waals surface area contributed by atoms with Crippen LogP contribution in [0, 0.1) is 5.92 Å². The third-order valence-corrected chi connectivity index (χ3v) is 7.48. The lowest BCUT2D eigenvalue weighted by Gasteiger charge is -2.32. The highest BCUT2D eigenvalue weighted by molar-refractivity contribution is 7.10. The summed E-state index contributed by atoms with van der Waals surface area (Å²) in [5.41, 5.74) is 2.00. The largest absolute Gasteiger partial charge is 0.489 e. The van der Waals surface area contributed by atoms with Gasteiger partial charge in [-0.15, -0.1) is 0 Å². The average Bonchev–Trinajstić information content (AvgIpc) is 3.35. The SMILES string of the molecule is [3HH].[3H]PO[C@@H]1C[C@@H]2Oc3c(CCCC)cccc3[C@@H]2[C@H]1/C=C/[C@@H](OP)C(C)(C)Oc1ccccc1. The van der Waals surface area contributed by atoms with E-state index >= 15 is 0 Å². The Morgan fingerprint density at radius 1 is 1.24 bits per heavy atom. The van der Waals surface area contributed by atoms with E-state index in [4.69, 9.17) is 19.8 Å². The highest BCUT2D eigenvalue weighted by atomic mass is 31.0. The lowest BCUT2D eigenvalue weighted by Crippen LogP contribution is -2.41. The molecule has 0 amide bonds. The molecule has 0 spiro atoms. The molecule has 4 nitrogen and oxygen atoms in total. The summed E-state index contributed by atoms with van der Waals surface area (Å²) in [6, 6.07) is 16.4. The number of benzene rings is 2. The molecule has 2 unspecified atom stereocenters. The van der Waals surface area contributed by atoms with Crippen LogP contribution < -0.4 is 9.47 Å². The molecule has 7 atom stereocenters. The van der Waals surface area contributed by atoms with Gasteiger partial charge in [-0.2, -0.15) is 0 Å². The van der Waals surface area contributed by atoms with Crippen LogP contribution in [-0.4, -0.2) is 25.2 Å². The van der Waals surface area contributed by atoms with Crippen molar-refractivity contribution >= 4 is 18.9 Å². The van der Waals surface area contributed by atoms with Crippen molar-refractivity contribution in [2.24, 2.45) is 5.92 Å². The first-order chi connectivity index (χ1) is 16.5. The number of unbranched alkanes of at least 4 members (excludes halogenated alkanes) is 1. The molecule has 2 aliphatic rings. The molecule has 1 heterocycles. The Kier molecular flexibility index (Phi) is 7.68. The first kappa shape index (κ1) is 23.3. The van der Waals surface area contributed by atoms with Gasteiger partial charge in [-0.05, 0) is 44.4 Å². The molecule has 33 heavy (non-hydrogen) atoms. The molecule has 2 aromatic rings. The normalized spacial score (nSPS) is 25.8. The van der Waals surface area contributed by atoms with E-state index in [1.54, 1.807) is 0 Å². The average molecular weight is 493 g/mol. The molecule has 1 aliphatic carbocycles. The first-order valence-electron chi connectivity index (χ1n) is 12.4. The lowest BCUT2D eigenvalue weighted by atomic mass is 9.86. The van der Waals surface area contributed by atoms with Crippen LogP contribution in [0.25, 0.3) is 0 Å². The minimum Gasteiger partial charge on any atom is -0.489 e. The Bertz CT molecular complexity index is 973. The van der Waals surface area contributed by atoms with Gasteiger partial charge in [0.05, 0.1) is 7.38 Å². The summed E-state index contributed by atoms with van der Waals surface area (Å²) in [5.74, 6) is 2.21. The van der Waals surface area contributed by atoms with E-state index in [1.807, 2.05) is 44.2 Å². The molecule has 1 aliphatic heterocycles. The molecule has 180 valence electrons. The van der Waals surface area contributed by atoms with Gasteiger partial charge < -0.3 is 18.5 Å². The van der Waals surface area contributed by atoms with Crippen molar-refractivity contribution in [3.63, 3.8) is 0 Å². The fourth-order valence-electron chi connectivity index (χ4n) is 5.16. The minimum atomic E-state index is -0.581. The smallest absolute Gasteiger partial charge is 0.133 e. The van der Waals surface area contributed by atoms with E-state index in [0.29, 0.717) is 0 Å². The third-order valence-electron chi connectivity index (χ3n) is 6.88. The fraction of sp³-hybridized carbons (Fsp3) is 0.481. The Morgan fingerprint density at radius 3 is 2.79 bits per heavy atom. The van der Waals surface area contributed by atoms with Gasteiger partial charge in [0.25, 0.3) is 0 Å². The van der Waals surface area contributed by atoms with E-state index in [0.717, 1.165) is 30.8 Å². The molecular weight excluding hydrogens is 450 g/mol. The molecule has 1 saturated carbocycles. The first-order valence-corrected chi connectivity index (χ1v) is 12.7. The van der Waals surface area contributed by atoms with Crippen LogP contribution in [0.3, 0.4) is 0 Å². The maximum absolute atomic E-state index is 7.69. The molecule has 0 aromatic heterocycles. The summed E-state index contributed by atoms with van der Waals surface area (Å²) < 4.78 is 32.1. The Labute approximate surface area is 205 Å². The van der Waals surface area contributed by atoms with E-state index in [2.05, 4.69) is 46.7 Å².